The summed E-state index contributed by atoms with van der Waals surface area (Å²) in [5.41, 5.74) is 5.94. The number of carbonyl (C=O) groups is 1. The van der Waals surface area contributed by atoms with E-state index in [0.29, 0.717) is 29.3 Å². The monoisotopic (exact) mass is 628 g/mol. The number of hydrogen-bond acceptors (Lipinski definition) is 7. The van der Waals surface area contributed by atoms with Crippen LogP contribution in [0.25, 0.3) is 0 Å². The maximum Gasteiger partial charge on any atom is 0.279 e. The molecule has 4 aromatic carbocycles. The quantitative estimate of drug-likeness (QED) is 0.156. The van der Waals surface area contributed by atoms with Crippen LogP contribution in [0.1, 0.15) is 66.0 Å². The van der Waals surface area contributed by atoms with Gasteiger partial charge in [-0.25, -0.2) is 4.68 Å². The minimum Gasteiger partial charge on any atom is -0.456 e. The average molecular weight is 629 g/mol. The van der Waals surface area contributed by atoms with Crippen molar-refractivity contribution in [2.75, 3.05) is 36.0 Å². The summed E-state index contributed by atoms with van der Waals surface area (Å²) < 4.78 is 8.56. The van der Waals surface area contributed by atoms with Gasteiger partial charge in [0.2, 0.25) is 0 Å². The lowest BCUT2D eigenvalue weighted by atomic mass is 9.75. The maximum absolute atomic E-state index is 14.4. The molecule has 47 heavy (non-hydrogen) atoms. The molecular weight excluding hydrogens is 588 g/mol. The zero-order valence-electron chi connectivity index (χ0n) is 27.4. The zero-order valence-corrected chi connectivity index (χ0v) is 27.4. The summed E-state index contributed by atoms with van der Waals surface area (Å²) in [6, 6.07) is 30.5. The van der Waals surface area contributed by atoms with Gasteiger partial charge in [-0.2, -0.15) is 5.06 Å². The smallest absolute Gasteiger partial charge is 0.279 e. The number of carbonyl (C=O) groups excluding carboxylic acids is 1. The van der Waals surface area contributed by atoms with E-state index in [2.05, 4.69) is 96.3 Å². The molecule has 1 spiro atoms. The predicted octanol–water partition coefficient (Wildman–Crippen LogP) is 7.00. The van der Waals surface area contributed by atoms with Crippen LogP contribution in [0.4, 0.5) is 11.4 Å². The molecule has 0 atom stereocenters. The minimum atomic E-state index is -1.08. The van der Waals surface area contributed by atoms with Gasteiger partial charge in [-0.05, 0) is 51.5 Å². The normalized spacial score (nSPS) is 14.0. The fourth-order valence-corrected chi connectivity index (χ4v) is 7.03. The molecule has 2 aliphatic rings. The van der Waals surface area contributed by atoms with Crippen molar-refractivity contribution in [2.45, 2.75) is 46.4 Å². The van der Waals surface area contributed by atoms with Gasteiger partial charge in [0.05, 0.1) is 12.7 Å². The Morgan fingerprint density at radius 3 is 1.96 bits per heavy atom. The molecule has 0 N–H and O–H groups in total. The standard InChI is InChI=1S/C38H40N6O3/c1-5-41(6-2)29-18-20-33-35(22-29)47-36-23-30(42(7-3)8-4)19-21-34(36)38(33)32-17-13-12-16-31(32)37(45)44(38)46-26-28-25-43(40-39-28)24-27-14-10-9-11-15-27/h9-23,25H,5-8,24,26H2,1-4H3. The van der Waals surface area contributed by atoms with Gasteiger partial charge < -0.3 is 14.5 Å². The summed E-state index contributed by atoms with van der Waals surface area (Å²) in [5.74, 6) is 1.19. The van der Waals surface area contributed by atoms with Gasteiger partial charge in [-0.15, -0.1) is 5.10 Å². The van der Waals surface area contributed by atoms with Gasteiger partial charge in [0.25, 0.3) is 5.91 Å². The van der Waals surface area contributed by atoms with Crippen LogP contribution in [0, 0.1) is 0 Å². The Labute approximate surface area is 275 Å². The van der Waals surface area contributed by atoms with Crippen molar-refractivity contribution in [3.8, 4) is 11.5 Å². The summed E-state index contributed by atoms with van der Waals surface area (Å²) in [6.45, 7) is 12.7. The SMILES string of the molecule is CCN(CC)c1ccc2c(c1)Oc1cc(N(CC)CC)ccc1C21c2ccccc2C(=O)N1OCc1cn(Cc2ccccc2)nn1. The summed E-state index contributed by atoms with van der Waals surface area (Å²) in [5, 5.41) is 10.3. The lowest BCUT2D eigenvalue weighted by molar-refractivity contribution is -0.171. The fourth-order valence-electron chi connectivity index (χ4n) is 7.03. The first-order chi connectivity index (χ1) is 23.0. The van der Waals surface area contributed by atoms with Gasteiger partial charge in [-0.1, -0.05) is 65.9 Å². The van der Waals surface area contributed by atoms with Crippen molar-refractivity contribution < 1.29 is 14.4 Å². The van der Waals surface area contributed by atoms with Crippen LogP contribution in [0.2, 0.25) is 0 Å². The van der Waals surface area contributed by atoms with Gasteiger partial charge in [0.1, 0.15) is 23.8 Å². The number of fused-ring (bicyclic) bond motifs is 6. The van der Waals surface area contributed by atoms with Gasteiger partial charge >= 0.3 is 0 Å². The Hall–Kier alpha value is -5.15. The second-order valence-corrected chi connectivity index (χ2v) is 11.8. The van der Waals surface area contributed by atoms with Crippen LogP contribution < -0.4 is 14.5 Å². The molecule has 9 nitrogen and oxygen atoms in total. The number of hydrogen-bond donors (Lipinski definition) is 0. The van der Waals surface area contributed by atoms with E-state index < -0.39 is 5.54 Å². The van der Waals surface area contributed by atoms with E-state index in [1.54, 1.807) is 9.75 Å². The molecule has 240 valence electrons. The third kappa shape index (κ3) is 5.11. The molecule has 7 rings (SSSR count). The van der Waals surface area contributed by atoms with Crippen molar-refractivity contribution in [1.29, 1.82) is 0 Å². The zero-order chi connectivity index (χ0) is 32.5. The maximum atomic E-state index is 14.4. The van der Waals surface area contributed by atoms with Gasteiger partial charge in [-0.3, -0.25) is 9.63 Å². The molecule has 0 saturated heterocycles. The molecule has 1 amide bonds. The molecule has 2 aliphatic heterocycles. The molecule has 3 heterocycles. The summed E-state index contributed by atoms with van der Waals surface area (Å²) in [6.07, 6.45) is 1.87. The van der Waals surface area contributed by atoms with Crippen LogP contribution in [0.5, 0.6) is 11.5 Å². The molecular formula is C38H40N6O3. The highest BCUT2D eigenvalue weighted by Gasteiger charge is 2.57. The second-order valence-electron chi connectivity index (χ2n) is 11.8. The molecule has 0 bridgehead atoms. The van der Waals surface area contributed by atoms with Crippen LogP contribution >= 0.6 is 0 Å². The first-order valence-electron chi connectivity index (χ1n) is 16.5. The van der Waals surface area contributed by atoms with E-state index in [1.165, 1.54) is 0 Å². The summed E-state index contributed by atoms with van der Waals surface area (Å²) in [7, 11) is 0. The molecule has 0 saturated carbocycles. The van der Waals surface area contributed by atoms with Crippen molar-refractivity contribution in [3.63, 3.8) is 0 Å². The Kier molecular flexibility index (Phi) is 8.15. The number of hydroxylamine groups is 2. The highest BCUT2D eigenvalue weighted by Crippen LogP contribution is 2.58. The molecule has 9 heteroatoms. The average Bonchev–Trinajstić information content (AvgIpc) is 3.65. The van der Waals surface area contributed by atoms with E-state index in [4.69, 9.17) is 9.57 Å². The molecule has 0 fully saturated rings. The van der Waals surface area contributed by atoms with Crippen LogP contribution in [-0.4, -0.2) is 52.1 Å². The van der Waals surface area contributed by atoms with E-state index in [9.17, 15) is 4.79 Å². The Morgan fingerprint density at radius 2 is 1.34 bits per heavy atom. The second kappa shape index (κ2) is 12.6. The lowest BCUT2D eigenvalue weighted by Crippen LogP contribution is -2.47. The lowest BCUT2D eigenvalue weighted by Gasteiger charge is -2.43. The minimum absolute atomic E-state index is 0.0663. The van der Waals surface area contributed by atoms with E-state index in [1.807, 2.05) is 48.7 Å². The Morgan fingerprint density at radius 1 is 0.745 bits per heavy atom. The van der Waals surface area contributed by atoms with Crippen molar-refractivity contribution in [3.05, 3.63) is 131 Å². The number of amides is 1. The largest absolute Gasteiger partial charge is 0.456 e. The van der Waals surface area contributed by atoms with Crippen molar-refractivity contribution in [2.24, 2.45) is 0 Å². The highest BCUT2D eigenvalue weighted by molar-refractivity contribution is 6.01. The van der Waals surface area contributed by atoms with E-state index in [0.717, 1.165) is 59.8 Å². The predicted molar refractivity (Wildman–Crippen MR) is 183 cm³/mol. The van der Waals surface area contributed by atoms with Gasteiger partial charge in [0, 0.05) is 71.9 Å². The number of benzene rings is 4. The van der Waals surface area contributed by atoms with Gasteiger partial charge in [0.15, 0.2) is 5.54 Å². The van der Waals surface area contributed by atoms with Crippen LogP contribution in [0.15, 0.2) is 97.2 Å². The Bertz CT molecular complexity index is 1840. The highest BCUT2D eigenvalue weighted by atomic mass is 16.7. The number of aromatic nitrogens is 3. The summed E-state index contributed by atoms with van der Waals surface area (Å²) >= 11 is 0. The van der Waals surface area contributed by atoms with Crippen LogP contribution in [-0.2, 0) is 23.5 Å². The molecule has 5 aromatic rings. The molecule has 0 aliphatic carbocycles. The summed E-state index contributed by atoms with van der Waals surface area (Å²) in [4.78, 5) is 25.6. The number of ether oxygens (including phenoxy) is 1. The number of anilines is 2. The first-order valence-corrected chi connectivity index (χ1v) is 16.5. The third-order valence-electron chi connectivity index (χ3n) is 9.34. The fraction of sp³-hybridized carbons (Fsp3) is 0.289. The molecule has 0 unspecified atom stereocenters. The number of nitrogens with zero attached hydrogens (tertiary/aromatic N) is 6. The van der Waals surface area contributed by atoms with E-state index in [-0.39, 0.29) is 12.5 Å². The van der Waals surface area contributed by atoms with Crippen LogP contribution in [0.3, 0.4) is 0 Å². The van der Waals surface area contributed by atoms with E-state index >= 15 is 0 Å². The van der Waals surface area contributed by atoms with Crippen molar-refractivity contribution >= 4 is 17.3 Å². The Balaban J connectivity index is 1.35. The first kappa shape index (κ1) is 30.5. The molecule has 1 aromatic heterocycles. The third-order valence-corrected chi connectivity index (χ3v) is 9.34. The molecule has 0 radical (unpaired) electrons. The van der Waals surface area contributed by atoms with Crippen molar-refractivity contribution in [1.82, 2.24) is 20.1 Å². The number of rotatable bonds is 11. The topological polar surface area (TPSA) is 76.0 Å².